The summed E-state index contributed by atoms with van der Waals surface area (Å²) < 4.78 is 5.84. The minimum absolute atomic E-state index is 0.306. The summed E-state index contributed by atoms with van der Waals surface area (Å²) in [5.41, 5.74) is 0.467. The number of ether oxygens (including phenoxy) is 1. The zero-order chi connectivity index (χ0) is 12.3. The molecule has 3 heteroatoms. The Balaban J connectivity index is 1.75. The zero-order valence-electron chi connectivity index (χ0n) is 11.2. The molecule has 3 nitrogen and oxygen atoms in total. The number of aliphatic hydroxyl groups is 1. The molecule has 2 N–H and O–H groups in total. The van der Waals surface area contributed by atoms with Crippen molar-refractivity contribution >= 4 is 0 Å². The van der Waals surface area contributed by atoms with Crippen molar-refractivity contribution in [3.63, 3.8) is 0 Å². The van der Waals surface area contributed by atoms with Crippen LogP contribution in [0.2, 0.25) is 0 Å². The van der Waals surface area contributed by atoms with E-state index in [1.54, 1.807) is 0 Å². The molecule has 2 fully saturated rings. The van der Waals surface area contributed by atoms with Crippen LogP contribution in [0, 0.1) is 11.3 Å². The highest BCUT2D eigenvalue weighted by Gasteiger charge is 2.58. The van der Waals surface area contributed by atoms with Gasteiger partial charge in [0.05, 0.1) is 6.10 Å². The van der Waals surface area contributed by atoms with Crippen molar-refractivity contribution in [1.82, 2.24) is 5.32 Å². The highest BCUT2D eigenvalue weighted by Crippen LogP contribution is 2.57. The van der Waals surface area contributed by atoms with Crippen LogP contribution in [-0.4, -0.2) is 37.0 Å². The number of hydrogen-bond acceptors (Lipinski definition) is 3. The van der Waals surface area contributed by atoms with E-state index in [1.807, 2.05) is 0 Å². The van der Waals surface area contributed by atoms with E-state index < -0.39 is 0 Å². The Bertz CT molecular complexity index is 240. The van der Waals surface area contributed by atoms with Crippen LogP contribution in [0.25, 0.3) is 0 Å². The minimum atomic E-state index is 0.306. The molecule has 0 aliphatic heterocycles. The third kappa shape index (κ3) is 2.51. The molecule has 100 valence electrons. The standard InChI is InChI=1S/C14H27NO2/c1-3-17-13-9-12(14(13)6-4-7-14)15-10-11(2)5-8-16/h11-13,15-16H,3-10H2,1-2H3. The fourth-order valence-electron chi connectivity index (χ4n) is 3.39. The van der Waals surface area contributed by atoms with Gasteiger partial charge in [0, 0.05) is 24.7 Å². The van der Waals surface area contributed by atoms with Crippen molar-refractivity contribution in [3.8, 4) is 0 Å². The van der Waals surface area contributed by atoms with Crippen molar-refractivity contribution < 1.29 is 9.84 Å². The van der Waals surface area contributed by atoms with Crippen molar-refractivity contribution in [2.45, 2.75) is 58.1 Å². The van der Waals surface area contributed by atoms with E-state index in [2.05, 4.69) is 19.2 Å². The lowest BCUT2D eigenvalue weighted by molar-refractivity contribution is -0.173. The van der Waals surface area contributed by atoms with E-state index in [-0.39, 0.29) is 0 Å². The smallest absolute Gasteiger partial charge is 0.0661 e. The summed E-state index contributed by atoms with van der Waals surface area (Å²) in [7, 11) is 0. The van der Waals surface area contributed by atoms with Crippen LogP contribution in [0.15, 0.2) is 0 Å². The molecular weight excluding hydrogens is 214 g/mol. The first-order valence-electron chi connectivity index (χ1n) is 7.18. The van der Waals surface area contributed by atoms with E-state index in [9.17, 15) is 0 Å². The number of aliphatic hydroxyl groups excluding tert-OH is 1. The molecule has 0 bridgehead atoms. The highest BCUT2D eigenvalue weighted by atomic mass is 16.5. The van der Waals surface area contributed by atoms with Gasteiger partial charge in [-0.2, -0.15) is 0 Å². The van der Waals surface area contributed by atoms with E-state index in [1.165, 1.54) is 25.7 Å². The van der Waals surface area contributed by atoms with E-state index in [0.29, 0.717) is 30.1 Å². The van der Waals surface area contributed by atoms with E-state index in [4.69, 9.17) is 9.84 Å². The third-order valence-electron chi connectivity index (χ3n) is 4.77. The van der Waals surface area contributed by atoms with Crippen molar-refractivity contribution in [2.75, 3.05) is 19.8 Å². The molecule has 0 saturated heterocycles. The minimum Gasteiger partial charge on any atom is -0.396 e. The largest absolute Gasteiger partial charge is 0.396 e. The van der Waals surface area contributed by atoms with Gasteiger partial charge in [-0.25, -0.2) is 0 Å². The second-order valence-corrected chi connectivity index (χ2v) is 5.84. The van der Waals surface area contributed by atoms with Gasteiger partial charge in [0.1, 0.15) is 0 Å². The maximum atomic E-state index is 8.90. The van der Waals surface area contributed by atoms with Crippen LogP contribution < -0.4 is 5.32 Å². The second kappa shape index (κ2) is 5.68. The summed E-state index contributed by atoms with van der Waals surface area (Å²) in [4.78, 5) is 0. The van der Waals surface area contributed by atoms with Gasteiger partial charge in [0.2, 0.25) is 0 Å². The van der Waals surface area contributed by atoms with Crippen molar-refractivity contribution in [2.24, 2.45) is 11.3 Å². The molecule has 2 saturated carbocycles. The Morgan fingerprint density at radius 2 is 2.24 bits per heavy atom. The average Bonchev–Trinajstić information content (AvgIpc) is 2.20. The molecule has 0 amide bonds. The maximum Gasteiger partial charge on any atom is 0.0661 e. The molecule has 0 aromatic carbocycles. The predicted molar refractivity (Wildman–Crippen MR) is 69.0 cm³/mol. The van der Waals surface area contributed by atoms with Gasteiger partial charge in [0.15, 0.2) is 0 Å². The molecule has 0 heterocycles. The van der Waals surface area contributed by atoms with Gasteiger partial charge in [-0.15, -0.1) is 0 Å². The fourth-order valence-corrected chi connectivity index (χ4v) is 3.39. The van der Waals surface area contributed by atoms with E-state index in [0.717, 1.165) is 19.6 Å². The molecular formula is C14H27NO2. The normalized spacial score (nSPS) is 31.9. The SMILES string of the molecule is CCOC1CC(NCC(C)CCO)C12CCC2. The lowest BCUT2D eigenvalue weighted by Gasteiger charge is -2.61. The lowest BCUT2D eigenvalue weighted by atomic mass is 9.51. The first-order valence-corrected chi connectivity index (χ1v) is 7.18. The third-order valence-corrected chi connectivity index (χ3v) is 4.77. The molecule has 0 aromatic rings. The molecule has 1 spiro atoms. The van der Waals surface area contributed by atoms with Crippen LogP contribution in [0.3, 0.4) is 0 Å². The Morgan fingerprint density at radius 3 is 2.76 bits per heavy atom. The maximum absolute atomic E-state index is 8.90. The highest BCUT2D eigenvalue weighted by molar-refractivity contribution is 5.12. The van der Waals surface area contributed by atoms with Gasteiger partial charge in [-0.05, 0) is 45.1 Å². The Hall–Kier alpha value is -0.120. The summed E-state index contributed by atoms with van der Waals surface area (Å²) in [5.74, 6) is 0.572. The van der Waals surface area contributed by atoms with Gasteiger partial charge >= 0.3 is 0 Å². The molecule has 2 rings (SSSR count). The summed E-state index contributed by atoms with van der Waals surface area (Å²) in [6.07, 6.45) is 6.63. The van der Waals surface area contributed by atoms with Crippen LogP contribution in [0.4, 0.5) is 0 Å². The van der Waals surface area contributed by atoms with Crippen LogP contribution in [-0.2, 0) is 4.74 Å². The number of rotatable bonds is 7. The molecule has 17 heavy (non-hydrogen) atoms. The van der Waals surface area contributed by atoms with Crippen LogP contribution >= 0.6 is 0 Å². The summed E-state index contributed by atoms with van der Waals surface area (Å²) >= 11 is 0. The predicted octanol–water partition coefficient (Wildman–Crippen LogP) is 1.94. The first-order chi connectivity index (χ1) is 8.23. The monoisotopic (exact) mass is 241 g/mol. The topological polar surface area (TPSA) is 41.5 Å². The van der Waals surface area contributed by atoms with Crippen molar-refractivity contribution in [3.05, 3.63) is 0 Å². The van der Waals surface area contributed by atoms with E-state index >= 15 is 0 Å². The quantitative estimate of drug-likeness (QED) is 0.716. The summed E-state index contributed by atoms with van der Waals surface area (Å²) in [5, 5.41) is 12.6. The molecule has 2 aliphatic rings. The van der Waals surface area contributed by atoms with Gasteiger partial charge in [-0.1, -0.05) is 13.3 Å². The molecule has 3 atom stereocenters. The molecule has 0 aromatic heterocycles. The number of hydrogen-bond donors (Lipinski definition) is 2. The fraction of sp³-hybridized carbons (Fsp3) is 1.00. The average molecular weight is 241 g/mol. The lowest BCUT2D eigenvalue weighted by Crippen LogP contribution is -2.67. The first kappa shape index (κ1) is 13.3. The van der Waals surface area contributed by atoms with Gasteiger partial charge < -0.3 is 15.2 Å². The van der Waals surface area contributed by atoms with Gasteiger partial charge in [-0.3, -0.25) is 0 Å². The Kier molecular flexibility index (Phi) is 4.45. The molecule has 2 aliphatic carbocycles. The summed E-state index contributed by atoms with van der Waals surface area (Å²) in [6, 6.07) is 0.661. The second-order valence-electron chi connectivity index (χ2n) is 5.84. The molecule has 3 unspecified atom stereocenters. The van der Waals surface area contributed by atoms with Crippen LogP contribution in [0.1, 0.15) is 46.0 Å². The summed E-state index contributed by atoms with van der Waals surface area (Å²) in [6.45, 7) is 6.48. The van der Waals surface area contributed by atoms with Gasteiger partial charge in [0.25, 0.3) is 0 Å². The molecule has 0 radical (unpaired) electrons. The Morgan fingerprint density at radius 1 is 1.47 bits per heavy atom. The number of nitrogens with one attached hydrogen (secondary N) is 1. The van der Waals surface area contributed by atoms with Crippen molar-refractivity contribution in [1.29, 1.82) is 0 Å². The zero-order valence-corrected chi connectivity index (χ0v) is 11.2. The Labute approximate surface area is 105 Å². The van der Waals surface area contributed by atoms with Crippen LogP contribution in [0.5, 0.6) is 0 Å².